The second-order valence-corrected chi connectivity index (χ2v) is 5.00. The maximum atomic E-state index is 12.1. The Labute approximate surface area is 112 Å². The first-order valence-electron chi connectivity index (χ1n) is 6.16. The van der Waals surface area contributed by atoms with Crippen LogP contribution in [0.3, 0.4) is 0 Å². The number of aromatic nitrogens is 1. The number of halogens is 1. The summed E-state index contributed by atoms with van der Waals surface area (Å²) in [6.07, 6.45) is 5.73. The zero-order valence-electron chi connectivity index (χ0n) is 10.4. The summed E-state index contributed by atoms with van der Waals surface area (Å²) in [5.41, 5.74) is 0.453. The number of ether oxygens (including phenoxy) is 1. The summed E-state index contributed by atoms with van der Waals surface area (Å²) < 4.78 is 5.08. The predicted molar refractivity (Wildman–Crippen MR) is 70.2 cm³/mol. The van der Waals surface area contributed by atoms with Gasteiger partial charge in [0.1, 0.15) is 5.56 Å². The van der Waals surface area contributed by atoms with Crippen LogP contribution in [0.1, 0.15) is 36.0 Å². The fourth-order valence-electron chi connectivity index (χ4n) is 2.22. The van der Waals surface area contributed by atoms with Crippen LogP contribution in [-0.2, 0) is 0 Å². The van der Waals surface area contributed by atoms with E-state index in [9.17, 15) is 4.79 Å². The van der Waals surface area contributed by atoms with Gasteiger partial charge in [0.2, 0.25) is 5.88 Å². The molecule has 5 heteroatoms. The predicted octanol–water partition coefficient (Wildman–Crippen LogP) is 2.37. The van der Waals surface area contributed by atoms with E-state index >= 15 is 0 Å². The fourth-order valence-corrected chi connectivity index (χ4v) is 2.56. The molecule has 0 radical (unpaired) electrons. The van der Waals surface area contributed by atoms with Crippen LogP contribution >= 0.6 is 11.6 Å². The van der Waals surface area contributed by atoms with Crippen LogP contribution in [0.4, 0.5) is 0 Å². The molecule has 2 atom stereocenters. The van der Waals surface area contributed by atoms with Crippen molar-refractivity contribution >= 4 is 17.5 Å². The van der Waals surface area contributed by atoms with Crippen molar-refractivity contribution < 1.29 is 9.53 Å². The van der Waals surface area contributed by atoms with E-state index in [1.807, 2.05) is 0 Å². The van der Waals surface area contributed by atoms with Crippen LogP contribution in [0, 0.1) is 0 Å². The third kappa shape index (κ3) is 2.93. The van der Waals surface area contributed by atoms with Gasteiger partial charge in [-0.15, -0.1) is 11.6 Å². The van der Waals surface area contributed by atoms with E-state index in [-0.39, 0.29) is 17.3 Å². The molecule has 2 unspecified atom stereocenters. The lowest BCUT2D eigenvalue weighted by molar-refractivity contribution is 0.0925. The number of nitrogens with one attached hydrogen (secondary N) is 1. The summed E-state index contributed by atoms with van der Waals surface area (Å²) >= 11 is 6.23. The Balaban J connectivity index is 2.07. The SMILES string of the molecule is COc1ncccc1C(=O)NC1CCCCC1Cl. The minimum absolute atomic E-state index is 0.0189. The second kappa shape index (κ2) is 6.05. The van der Waals surface area contributed by atoms with Gasteiger partial charge in [0.15, 0.2) is 0 Å². The number of amides is 1. The van der Waals surface area contributed by atoms with Crippen LogP contribution in [-0.4, -0.2) is 29.4 Å². The zero-order chi connectivity index (χ0) is 13.0. The summed E-state index contributed by atoms with van der Waals surface area (Å²) in [4.78, 5) is 16.2. The first kappa shape index (κ1) is 13.1. The molecule has 1 aromatic rings. The molecule has 0 aliphatic heterocycles. The Hall–Kier alpha value is -1.29. The molecule has 18 heavy (non-hydrogen) atoms. The van der Waals surface area contributed by atoms with E-state index in [0.717, 1.165) is 25.7 Å². The molecule has 1 N–H and O–H groups in total. The van der Waals surface area contributed by atoms with E-state index in [4.69, 9.17) is 16.3 Å². The average Bonchev–Trinajstić information content (AvgIpc) is 2.41. The van der Waals surface area contributed by atoms with Gasteiger partial charge in [-0.05, 0) is 25.0 Å². The zero-order valence-corrected chi connectivity index (χ0v) is 11.1. The molecule has 0 bridgehead atoms. The molecule has 1 aromatic heterocycles. The third-order valence-corrected chi connectivity index (χ3v) is 3.73. The van der Waals surface area contributed by atoms with Crippen molar-refractivity contribution in [1.29, 1.82) is 0 Å². The van der Waals surface area contributed by atoms with Gasteiger partial charge >= 0.3 is 0 Å². The largest absolute Gasteiger partial charge is 0.480 e. The molecule has 1 aliphatic carbocycles. The molecule has 1 amide bonds. The number of carbonyl (C=O) groups excluding carboxylic acids is 1. The Morgan fingerprint density at radius 3 is 3.00 bits per heavy atom. The highest BCUT2D eigenvalue weighted by atomic mass is 35.5. The minimum Gasteiger partial charge on any atom is -0.480 e. The highest BCUT2D eigenvalue weighted by molar-refractivity contribution is 6.21. The molecule has 2 rings (SSSR count). The van der Waals surface area contributed by atoms with Crippen molar-refractivity contribution in [2.24, 2.45) is 0 Å². The first-order valence-corrected chi connectivity index (χ1v) is 6.60. The standard InChI is InChI=1S/C13H17ClN2O2/c1-18-13-9(5-4-8-15-13)12(17)16-11-7-3-2-6-10(11)14/h4-5,8,10-11H,2-3,6-7H2,1H3,(H,16,17). The van der Waals surface area contributed by atoms with E-state index in [1.165, 1.54) is 7.11 Å². The molecule has 4 nitrogen and oxygen atoms in total. The van der Waals surface area contributed by atoms with Crippen molar-refractivity contribution in [1.82, 2.24) is 10.3 Å². The topological polar surface area (TPSA) is 51.2 Å². The summed E-state index contributed by atoms with van der Waals surface area (Å²) in [6.45, 7) is 0. The summed E-state index contributed by atoms with van der Waals surface area (Å²) in [5.74, 6) is 0.175. The molecule has 1 aliphatic rings. The van der Waals surface area contributed by atoms with E-state index < -0.39 is 0 Å². The van der Waals surface area contributed by atoms with E-state index in [0.29, 0.717) is 11.4 Å². The maximum absolute atomic E-state index is 12.1. The number of rotatable bonds is 3. The Morgan fingerprint density at radius 2 is 2.28 bits per heavy atom. The first-order chi connectivity index (χ1) is 8.72. The summed E-state index contributed by atoms with van der Waals surface area (Å²) in [7, 11) is 1.50. The highest BCUT2D eigenvalue weighted by Crippen LogP contribution is 2.24. The van der Waals surface area contributed by atoms with Crippen LogP contribution < -0.4 is 10.1 Å². The van der Waals surface area contributed by atoms with E-state index in [1.54, 1.807) is 18.3 Å². The van der Waals surface area contributed by atoms with Crippen molar-refractivity contribution in [3.63, 3.8) is 0 Å². The second-order valence-electron chi connectivity index (χ2n) is 4.44. The van der Waals surface area contributed by atoms with Gasteiger partial charge in [-0.2, -0.15) is 0 Å². The van der Waals surface area contributed by atoms with Crippen molar-refractivity contribution in [2.45, 2.75) is 37.1 Å². The van der Waals surface area contributed by atoms with Gasteiger partial charge in [-0.1, -0.05) is 12.8 Å². The molecule has 0 aromatic carbocycles. The number of carbonyl (C=O) groups is 1. The fraction of sp³-hybridized carbons (Fsp3) is 0.538. The normalized spacial score (nSPS) is 23.4. The van der Waals surface area contributed by atoms with Gasteiger partial charge in [0.25, 0.3) is 5.91 Å². The monoisotopic (exact) mass is 268 g/mol. The highest BCUT2D eigenvalue weighted by Gasteiger charge is 2.25. The Bertz CT molecular complexity index is 425. The number of methoxy groups -OCH3 is 1. The van der Waals surface area contributed by atoms with Crippen LogP contribution in [0.5, 0.6) is 5.88 Å². The molecule has 98 valence electrons. The van der Waals surface area contributed by atoms with Gasteiger partial charge < -0.3 is 10.1 Å². The third-order valence-electron chi connectivity index (χ3n) is 3.21. The van der Waals surface area contributed by atoms with Gasteiger partial charge in [-0.25, -0.2) is 4.98 Å². The maximum Gasteiger partial charge on any atom is 0.257 e. The van der Waals surface area contributed by atoms with Crippen LogP contribution in [0.15, 0.2) is 18.3 Å². The van der Waals surface area contributed by atoms with Gasteiger partial charge in [0, 0.05) is 12.2 Å². The number of pyridine rings is 1. The number of nitrogens with zero attached hydrogens (tertiary/aromatic N) is 1. The number of hydrogen-bond donors (Lipinski definition) is 1. The molecule has 0 spiro atoms. The van der Waals surface area contributed by atoms with Crippen molar-refractivity contribution in [3.8, 4) is 5.88 Å². The van der Waals surface area contributed by atoms with Crippen molar-refractivity contribution in [2.75, 3.05) is 7.11 Å². The smallest absolute Gasteiger partial charge is 0.257 e. The Morgan fingerprint density at radius 1 is 1.50 bits per heavy atom. The minimum atomic E-state index is -0.169. The number of hydrogen-bond acceptors (Lipinski definition) is 3. The quantitative estimate of drug-likeness (QED) is 0.857. The number of alkyl halides is 1. The van der Waals surface area contributed by atoms with Gasteiger partial charge in [0.05, 0.1) is 12.5 Å². The van der Waals surface area contributed by atoms with Crippen LogP contribution in [0.2, 0.25) is 0 Å². The molecule has 1 heterocycles. The van der Waals surface area contributed by atoms with Crippen molar-refractivity contribution in [3.05, 3.63) is 23.9 Å². The van der Waals surface area contributed by atoms with Crippen LogP contribution in [0.25, 0.3) is 0 Å². The molecule has 1 fully saturated rings. The average molecular weight is 269 g/mol. The summed E-state index contributed by atoms with van der Waals surface area (Å²) in [6, 6.07) is 3.46. The lowest BCUT2D eigenvalue weighted by Gasteiger charge is -2.27. The summed E-state index contributed by atoms with van der Waals surface area (Å²) in [5, 5.41) is 2.99. The Kier molecular flexibility index (Phi) is 4.42. The van der Waals surface area contributed by atoms with Gasteiger partial charge in [-0.3, -0.25) is 4.79 Å². The molecular weight excluding hydrogens is 252 g/mol. The van der Waals surface area contributed by atoms with E-state index in [2.05, 4.69) is 10.3 Å². The molecular formula is C13H17ClN2O2. The lowest BCUT2D eigenvalue weighted by atomic mass is 9.94. The molecule has 1 saturated carbocycles. The molecule has 0 saturated heterocycles. The lowest BCUT2D eigenvalue weighted by Crippen LogP contribution is -2.42.